The standard InChI is InChI=1S/C20H32N4O3.HI/c1-21-20(22-10-6-5-9-19(25)26-2)23-15-17-7-3-4-8-18(17)16-24-11-13-27-14-12-24;/h3-4,7-8H,5-6,9-16H2,1-2H3,(H2,21,22,23);1H. The van der Waals surface area contributed by atoms with E-state index in [1.54, 1.807) is 7.05 Å². The number of carbonyl (C=O) groups is 1. The van der Waals surface area contributed by atoms with Gasteiger partial charge in [-0.15, -0.1) is 24.0 Å². The molecule has 0 aliphatic carbocycles. The summed E-state index contributed by atoms with van der Waals surface area (Å²) in [7, 11) is 3.19. The number of aliphatic imine (C=N–C) groups is 1. The number of carbonyl (C=O) groups excluding carboxylic acids is 1. The summed E-state index contributed by atoms with van der Waals surface area (Å²) in [5.74, 6) is 0.614. The Balaban J connectivity index is 0.00000392. The molecule has 1 aromatic carbocycles. The van der Waals surface area contributed by atoms with Crippen LogP contribution in [0, 0.1) is 0 Å². The average molecular weight is 504 g/mol. The molecule has 1 aliphatic rings. The molecule has 1 aliphatic heterocycles. The van der Waals surface area contributed by atoms with Gasteiger partial charge in [-0.25, -0.2) is 0 Å². The Morgan fingerprint density at radius 2 is 1.89 bits per heavy atom. The van der Waals surface area contributed by atoms with Crippen LogP contribution in [0.5, 0.6) is 0 Å². The van der Waals surface area contributed by atoms with Crippen LogP contribution in [0.15, 0.2) is 29.3 Å². The largest absolute Gasteiger partial charge is 0.469 e. The number of unbranched alkanes of at least 4 members (excludes halogenated alkanes) is 1. The highest BCUT2D eigenvalue weighted by molar-refractivity contribution is 14.0. The summed E-state index contributed by atoms with van der Waals surface area (Å²) < 4.78 is 10.1. The molecule has 1 saturated heterocycles. The number of halogens is 1. The lowest BCUT2D eigenvalue weighted by Gasteiger charge is -2.27. The summed E-state index contributed by atoms with van der Waals surface area (Å²) in [5.41, 5.74) is 2.61. The first-order chi connectivity index (χ1) is 13.2. The number of esters is 1. The second kappa shape index (κ2) is 14.6. The molecule has 2 rings (SSSR count). The van der Waals surface area contributed by atoms with Gasteiger partial charge in [-0.1, -0.05) is 24.3 Å². The number of morpholine rings is 1. The molecule has 7 nitrogen and oxygen atoms in total. The molecule has 0 spiro atoms. The molecule has 1 heterocycles. The van der Waals surface area contributed by atoms with Gasteiger partial charge < -0.3 is 20.1 Å². The van der Waals surface area contributed by atoms with Gasteiger partial charge in [0.15, 0.2) is 5.96 Å². The summed E-state index contributed by atoms with van der Waals surface area (Å²) in [6.07, 6.45) is 2.15. The number of methoxy groups -OCH3 is 1. The SMILES string of the molecule is CN=C(NCCCCC(=O)OC)NCc1ccccc1CN1CCOCC1.I. The Kier molecular flexibility index (Phi) is 12.8. The third kappa shape index (κ3) is 9.20. The van der Waals surface area contributed by atoms with Crippen LogP contribution in [0.4, 0.5) is 0 Å². The van der Waals surface area contributed by atoms with Crippen LogP contribution >= 0.6 is 24.0 Å². The van der Waals surface area contributed by atoms with Crippen LogP contribution < -0.4 is 10.6 Å². The zero-order valence-electron chi connectivity index (χ0n) is 16.9. The Morgan fingerprint density at radius 3 is 2.57 bits per heavy atom. The van der Waals surface area contributed by atoms with Gasteiger partial charge in [-0.05, 0) is 24.0 Å². The highest BCUT2D eigenvalue weighted by Crippen LogP contribution is 2.13. The van der Waals surface area contributed by atoms with Crippen molar-refractivity contribution in [3.8, 4) is 0 Å². The van der Waals surface area contributed by atoms with Crippen molar-refractivity contribution in [3.05, 3.63) is 35.4 Å². The van der Waals surface area contributed by atoms with E-state index in [0.717, 1.165) is 64.7 Å². The zero-order valence-corrected chi connectivity index (χ0v) is 19.2. The van der Waals surface area contributed by atoms with E-state index < -0.39 is 0 Å². The van der Waals surface area contributed by atoms with E-state index in [2.05, 4.69) is 49.5 Å². The molecule has 0 aromatic heterocycles. The van der Waals surface area contributed by atoms with Gasteiger partial charge in [0.25, 0.3) is 0 Å². The van der Waals surface area contributed by atoms with Gasteiger partial charge in [0, 0.05) is 46.2 Å². The van der Waals surface area contributed by atoms with Crippen LogP contribution in [0.25, 0.3) is 0 Å². The number of nitrogens with one attached hydrogen (secondary N) is 2. The molecule has 0 radical (unpaired) electrons. The lowest BCUT2D eigenvalue weighted by molar-refractivity contribution is -0.140. The van der Waals surface area contributed by atoms with Crippen LogP contribution in [-0.2, 0) is 27.4 Å². The van der Waals surface area contributed by atoms with Crippen molar-refractivity contribution in [2.45, 2.75) is 32.4 Å². The number of nitrogens with zero attached hydrogens (tertiary/aromatic N) is 2. The Labute approximate surface area is 185 Å². The van der Waals surface area contributed by atoms with Gasteiger partial charge in [0.05, 0.1) is 20.3 Å². The van der Waals surface area contributed by atoms with E-state index in [-0.39, 0.29) is 29.9 Å². The Hall–Kier alpha value is -1.39. The minimum Gasteiger partial charge on any atom is -0.469 e. The fourth-order valence-electron chi connectivity index (χ4n) is 2.99. The van der Waals surface area contributed by atoms with Gasteiger partial charge in [0.2, 0.25) is 0 Å². The van der Waals surface area contributed by atoms with E-state index in [0.29, 0.717) is 6.42 Å². The first-order valence-corrected chi connectivity index (χ1v) is 9.61. The van der Waals surface area contributed by atoms with E-state index in [1.165, 1.54) is 18.2 Å². The molecule has 0 amide bonds. The van der Waals surface area contributed by atoms with Crippen molar-refractivity contribution in [1.82, 2.24) is 15.5 Å². The summed E-state index contributed by atoms with van der Waals surface area (Å²) in [5, 5.41) is 6.67. The number of hydrogen-bond acceptors (Lipinski definition) is 5. The van der Waals surface area contributed by atoms with Gasteiger partial charge in [-0.3, -0.25) is 14.7 Å². The van der Waals surface area contributed by atoms with E-state index >= 15 is 0 Å². The molecule has 28 heavy (non-hydrogen) atoms. The second-order valence-corrected chi connectivity index (χ2v) is 6.54. The molecule has 2 N–H and O–H groups in total. The van der Waals surface area contributed by atoms with Crippen molar-refractivity contribution < 1.29 is 14.3 Å². The summed E-state index contributed by atoms with van der Waals surface area (Å²) in [6, 6.07) is 8.51. The zero-order chi connectivity index (χ0) is 19.3. The first-order valence-electron chi connectivity index (χ1n) is 9.61. The summed E-state index contributed by atoms with van der Waals surface area (Å²) in [6.45, 7) is 6.03. The molecule has 1 fully saturated rings. The first kappa shape index (κ1) is 24.6. The maximum absolute atomic E-state index is 11.1. The highest BCUT2D eigenvalue weighted by Gasteiger charge is 2.12. The van der Waals surface area contributed by atoms with Gasteiger partial charge in [-0.2, -0.15) is 0 Å². The third-order valence-corrected chi connectivity index (χ3v) is 4.61. The average Bonchev–Trinajstić information content (AvgIpc) is 2.71. The molecule has 158 valence electrons. The topological polar surface area (TPSA) is 75.2 Å². The number of benzene rings is 1. The lowest BCUT2D eigenvalue weighted by Crippen LogP contribution is -2.38. The van der Waals surface area contributed by atoms with Crippen LogP contribution in [0.3, 0.4) is 0 Å². The molecule has 0 saturated carbocycles. The second-order valence-electron chi connectivity index (χ2n) is 6.54. The minimum absolute atomic E-state index is 0. The number of rotatable bonds is 9. The summed E-state index contributed by atoms with van der Waals surface area (Å²) in [4.78, 5) is 17.8. The van der Waals surface area contributed by atoms with Crippen molar-refractivity contribution >= 4 is 35.9 Å². The smallest absolute Gasteiger partial charge is 0.305 e. The maximum atomic E-state index is 11.1. The van der Waals surface area contributed by atoms with Crippen LogP contribution in [0.2, 0.25) is 0 Å². The predicted molar refractivity (Wildman–Crippen MR) is 122 cm³/mol. The Morgan fingerprint density at radius 1 is 1.18 bits per heavy atom. The molecular formula is C20H33IN4O3. The van der Waals surface area contributed by atoms with Crippen molar-refractivity contribution in [2.24, 2.45) is 4.99 Å². The molecule has 8 heteroatoms. The fraction of sp³-hybridized carbons (Fsp3) is 0.600. The van der Waals surface area contributed by atoms with E-state index in [1.807, 2.05) is 0 Å². The normalized spacial score (nSPS) is 14.9. The predicted octanol–water partition coefficient (Wildman–Crippen LogP) is 2.15. The monoisotopic (exact) mass is 504 g/mol. The maximum Gasteiger partial charge on any atom is 0.305 e. The lowest BCUT2D eigenvalue weighted by atomic mass is 10.1. The van der Waals surface area contributed by atoms with Gasteiger partial charge >= 0.3 is 5.97 Å². The van der Waals surface area contributed by atoms with Crippen LogP contribution in [0.1, 0.15) is 30.4 Å². The molecule has 1 aromatic rings. The quantitative estimate of drug-likeness (QED) is 0.177. The molecular weight excluding hydrogens is 471 g/mol. The van der Waals surface area contributed by atoms with Crippen molar-refractivity contribution in [2.75, 3.05) is 47.0 Å². The van der Waals surface area contributed by atoms with Crippen LogP contribution in [-0.4, -0.2) is 63.8 Å². The third-order valence-electron chi connectivity index (χ3n) is 4.61. The number of ether oxygens (including phenoxy) is 2. The Bertz CT molecular complexity index is 607. The van der Waals surface area contributed by atoms with Crippen molar-refractivity contribution in [3.63, 3.8) is 0 Å². The minimum atomic E-state index is -0.158. The fourth-order valence-corrected chi connectivity index (χ4v) is 2.99. The molecule has 0 bridgehead atoms. The van der Waals surface area contributed by atoms with E-state index in [9.17, 15) is 4.79 Å². The van der Waals surface area contributed by atoms with E-state index in [4.69, 9.17) is 4.74 Å². The number of guanidine groups is 1. The van der Waals surface area contributed by atoms with Crippen molar-refractivity contribution in [1.29, 1.82) is 0 Å². The summed E-state index contributed by atoms with van der Waals surface area (Å²) >= 11 is 0. The highest BCUT2D eigenvalue weighted by atomic mass is 127. The molecule has 0 atom stereocenters. The number of hydrogen-bond donors (Lipinski definition) is 2. The molecule has 0 unspecified atom stereocenters. The van der Waals surface area contributed by atoms with Gasteiger partial charge in [0.1, 0.15) is 0 Å².